The third kappa shape index (κ3) is 5.52. The second-order valence-electron chi connectivity index (χ2n) is 8.51. The van der Waals surface area contributed by atoms with E-state index >= 15 is 0 Å². The summed E-state index contributed by atoms with van der Waals surface area (Å²) in [5.74, 6) is 3.64. The van der Waals surface area contributed by atoms with Crippen LogP contribution < -0.4 is 21.2 Å². The largest absolute Gasteiger partial charge is 0.109 e. The van der Waals surface area contributed by atoms with Crippen molar-refractivity contribution in [1.29, 1.82) is 0 Å². The van der Waals surface area contributed by atoms with Crippen molar-refractivity contribution in [3.8, 4) is 0 Å². The van der Waals surface area contributed by atoms with E-state index in [1.165, 1.54) is 26.8 Å². The first kappa shape index (κ1) is 23.4. The normalized spacial score (nSPS) is 11.7. The molecule has 0 atom stereocenters. The van der Waals surface area contributed by atoms with Gasteiger partial charge in [-0.2, -0.15) is 0 Å². The van der Waals surface area contributed by atoms with Crippen LogP contribution in [0.5, 0.6) is 0 Å². The predicted octanol–water partition coefficient (Wildman–Crippen LogP) is 7.42. The summed E-state index contributed by atoms with van der Waals surface area (Å²) in [5.41, 5.74) is 1.24. The summed E-state index contributed by atoms with van der Waals surface area (Å²) in [6.07, 6.45) is 2.34. The molecule has 170 valence electrons. The lowest BCUT2D eigenvalue weighted by atomic mass is 10.2. The average Bonchev–Trinajstić information content (AvgIpc) is 2.96. The summed E-state index contributed by atoms with van der Waals surface area (Å²) in [5, 5.41) is 5.71. The van der Waals surface area contributed by atoms with Gasteiger partial charge in [-0.25, -0.2) is 0 Å². The maximum Gasteiger partial charge on any atom is 0.109 e. The number of hydrogen-bond acceptors (Lipinski definition) is 0. The first-order valence-corrected chi connectivity index (χ1v) is 15.5. The highest BCUT2D eigenvalue weighted by atomic mass is 31.2. The van der Waals surface area contributed by atoms with E-state index in [1.54, 1.807) is 0 Å². The molecule has 5 aromatic carbocycles. The summed E-state index contributed by atoms with van der Waals surface area (Å²) in [4.78, 5) is 0. The molecule has 0 saturated carbocycles. The lowest BCUT2D eigenvalue weighted by molar-refractivity contribution is 1.66. The van der Waals surface area contributed by atoms with Crippen LogP contribution in [0.4, 0.5) is 0 Å². The van der Waals surface area contributed by atoms with Gasteiger partial charge in [0.05, 0.1) is 11.7 Å². The van der Waals surface area contributed by atoms with Crippen molar-refractivity contribution in [2.45, 2.75) is 0 Å². The van der Waals surface area contributed by atoms with E-state index in [1.807, 2.05) is 0 Å². The molecule has 0 fully saturated rings. The Morgan fingerprint density at radius 3 is 1.26 bits per heavy atom. The Kier molecular flexibility index (Phi) is 7.65. The van der Waals surface area contributed by atoms with Crippen molar-refractivity contribution in [3.05, 3.63) is 163 Å². The van der Waals surface area contributed by atoms with Gasteiger partial charge in [0, 0.05) is 0 Å². The molecule has 0 radical (unpaired) electrons. The maximum absolute atomic E-state index is 2.55. The van der Waals surface area contributed by atoms with Gasteiger partial charge >= 0.3 is 0 Å². The van der Waals surface area contributed by atoms with Gasteiger partial charge in [0.2, 0.25) is 0 Å². The van der Waals surface area contributed by atoms with Gasteiger partial charge in [-0.1, -0.05) is 127 Å². The van der Waals surface area contributed by atoms with Crippen molar-refractivity contribution in [3.63, 3.8) is 0 Å². The van der Waals surface area contributed by atoms with Crippen molar-refractivity contribution in [2.24, 2.45) is 0 Å². The minimum absolute atomic E-state index is 0.568. The topological polar surface area (TPSA) is 0 Å². The third-order valence-corrected chi connectivity index (χ3v) is 14.1. The van der Waals surface area contributed by atoms with Crippen LogP contribution in [0.3, 0.4) is 0 Å². The Hall–Kier alpha value is -3.30. The highest BCUT2D eigenvalue weighted by molar-refractivity contribution is 8.00. The molecule has 0 N–H and O–H groups in total. The van der Waals surface area contributed by atoms with Crippen LogP contribution in [0.15, 0.2) is 157 Å². The summed E-state index contributed by atoms with van der Waals surface area (Å²) < 4.78 is 0. The predicted molar refractivity (Wildman–Crippen MR) is 158 cm³/mol. The van der Waals surface area contributed by atoms with E-state index in [2.05, 4.69) is 164 Å². The van der Waals surface area contributed by atoms with Gasteiger partial charge in [-0.3, -0.25) is 0 Å². The van der Waals surface area contributed by atoms with E-state index in [0.29, 0.717) is 0 Å². The van der Waals surface area contributed by atoms with Gasteiger partial charge in [-0.15, -0.1) is 0 Å². The highest BCUT2D eigenvalue weighted by Crippen LogP contribution is 2.65. The quantitative estimate of drug-likeness (QED) is 0.200. The maximum atomic E-state index is 2.55. The smallest absolute Gasteiger partial charge is 0.0622 e. The minimum atomic E-state index is -1.91. The van der Waals surface area contributed by atoms with Crippen molar-refractivity contribution >= 4 is 42.5 Å². The lowest BCUT2D eigenvalue weighted by Crippen LogP contribution is -2.26. The van der Waals surface area contributed by atoms with Crippen LogP contribution in [-0.2, 0) is 0 Å². The van der Waals surface area contributed by atoms with E-state index in [4.69, 9.17) is 0 Å². The number of benzene rings is 5. The van der Waals surface area contributed by atoms with Gasteiger partial charge < -0.3 is 0 Å². The summed E-state index contributed by atoms with van der Waals surface area (Å²) >= 11 is 0. The molecular weight excluding hydrogens is 458 g/mol. The summed E-state index contributed by atoms with van der Waals surface area (Å²) in [7, 11) is -2.47. The van der Waals surface area contributed by atoms with Crippen molar-refractivity contribution < 1.29 is 0 Å². The molecule has 5 rings (SSSR count). The fraction of sp³-hybridized carbons (Fsp3) is 0.0303. The first-order valence-electron chi connectivity index (χ1n) is 12.0. The molecule has 0 aromatic heterocycles. The molecule has 0 saturated heterocycles. The zero-order chi connectivity index (χ0) is 23.8. The molecule has 0 aliphatic carbocycles. The van der Waals surface area contributed by atoms with Crippen molar-refractivity contribution in [1.82, 2.24) is 0 Å². The SMILES string of the molecule is C(=C\[P+](CP(c1ccccc1)c1ccccc1)(c1ccccc1)c1ccccc1)/c1ccccc1. The minimum Gasteiger partial charge on any atom is -0.0622 e. The first-order chi connectivity index (χ1) is 17.4. The third-order valence-electron chi connectivity index (χ3n) is 6.26. The van der Waals surface area contributed by atoms with Gasteiger partial charge in [-0.05, 0) is 54.4 Å². The molecule has 0 heterocycles. The fourth-order valence-corrected chi connectivity index (χ4v) is 13.1. The molecule has 0 unspecified atom stereocenters. The van der Waals surface area contributed by atoms with Gasteiger partial charge in [0.25, 0.3) is 0 Å². The van der Waals surface area contributed by atoms with Gasteiger partial charge in [0.15, 0.2) is 0 Å². The highest BCUT2D eigenvalue weighted by Gasteiger charge is 2.43. The Morgan fingerprint density at radius 1 is 0.457 bits per heavy atom. The van der Waals surface area contributed by atoms with E-state index in [9.17, 15) is 0 Å². The second-order valence-corrected chi connectivity index (χ2v) is 14.6. The van der Waals surface area contributed by atoms with Crippen LogP contribution in [0, 0.1) is 0 Å². The number of hydrogen-bond donors (Lipinski definition) is 0. The molecular formula is C33H29P2+. The molecule has 0 aliphatic rings. The molecule has 0 aliphatic heterocycles. The van der Waals surface area contributed by atoms with Crippen molar-refractivity contribution in [2.75, 3.05) is 5.90 Å². The summed E-state index contributed by atoms with van der Waals surface area (Å²) in [6, 6.07) is 55.2. The molecule has 5 aromatic rings. The van der Waals surface area contributed by atoms with E-state index in [-0.39, 0.29) is 0 Å². The number of rotatable bonds is 8. The molecule has 0 bridgehead atoms. The zero-order valence-corrected chi connectivity index (χ0v) is 21.5. The summed E-state index contributed by atoms with van der Waals surface area (Å²) in [6.45, 7) is 0. The Labute approximate surface area is 211 Å². The zero-order valence-electron chi connectivity index (χ0n) is 19.7. The van der Waals surface area contributed by atoms with E-state index < -0.39 is 15.2 Å². The molecule has 0 spiro atoms. The Bertz CT molecular complexity index is 1250. The fourth-order valence-electron chi connectivity index (χ4n) is 4.45. The molecule has 0 nitrogen and oxygen atoms in total. The van der Waals surface area contributed by atoms with Gasteiger partial charge in [0.1, 0.15) is 17.9 Å². The van der Waals surface area contributed by atoms with Crippen LogP contribution in [0.25, 0.3) is 6.08 Å². The Balaban J connectivity index is 1.72. The van der Waals surface area contributed by atoms with Crippen LogP contribution >= 0.6 is 15.2 Å². The second kappa shape index (κ2) is 11.4. The molecule has 0 amide bonds. The van der Waals surface area contributed by atoms with Crippen LogP contribution in [0.1, 0.15) is 5.56 Å². The van der Waals surface area contributed by atoms with Crippen LogP contribution in [0.2, 0.25) is 0 Å². The van der Waals surface area contributed by atoms with E-state index in [0.717, 1.165) is 5.90 Å². The molecule has 2 heteroatoms. The molecule has 35 heavy (non-hydrogen) atoms. The standard InChI is InChI=1S/C33H29P2/c1-6-16-29(17-7-1)26-27-35(32-22-12-4-13-23-32,33-24-14-5-15-25-33)28-34(30-18-8-2-9-19-30)31-20-10-3-11-21-31/h1-27H,28H2/q+1/b27-26+. The average molecular weight is 488 g/mol. The lowest BCUT2D eigenvalue weighted by Gasteiger charge is -2.29. The Morgan fingerprint density at radius 2 is 0.829 bits per heavy atom. The monoisotopic (exact) mass is 487 g/mol. The van der Waals surface area contributed by atoms with Crippen LogP contribution in [-0.4, -0.2) is 5.90 Å².